The smallest absolute Gasteiger partial charge is 0.262 e. The minimum Gasteiger partial charge on any atom is -0.276 e. The molecule has 0 N–H and O–H groups in total. The second-order valence-electron chi connectivity index (χ2n) is 6.47. The Morgan fingerprint density at radius 3 is 2.68 bits per heavy atom. The van der Waals surface area contributed by atoms with E-state index >= 15 is 0 Å². The van der Waals surface area contributed by atoms with Crippen molar-refractivity contribution in [3.63, 3.8) is 0 Å². The van der Waals surface area contributed by atoms with Crippen LogP contribution in [0, 0.1) is 0 Å². The summed E-state index contributed by atoms with van der Waals surface area (Å²) in [6.07, 6.45) is 2.66. The van der Waals surface area contributed by atoms with E-state index in [0.29, 0.717) is 22.7 Å². The van der Waals surface area contributed by atoms with Gasteiger partial charge in [-0.2, -0.15) is 0 Å². The minimum absolute atomic E-state index is 0.0648. The normalized spacial score (nSPS) is 11.4. The molecule has 0 unspecified atom stereocenters. The number of aryl methyl sites for hydroxylation is 1. The van der Waals surface area contributed by atoms with Crippen LogP contribution in [0.2, 0.25) is 5.02 Å². The first-order valence-electron chi connectivity index (χ1n) is 9.03. The van der Waals surface area contributed by atoms with Crippen LogP contribution >= 0.6 is 23.4 Å². The maximum Gasteiger partial charge on any atom is 0.262 e. The second kappa shape index (κ2) is 7.81. The third kappa shape index (κ3) is 3.34. The first kappa shape index (κ1) is 18.8. The van der Waals surface area contributed by atoms with Crippen molar-refractivity contribution < 1.29 is 0 Å². The lowest BCUT2D eigenvalue weighted by Crippen LogP contribution is -2.23. The molecule has 0 saturated carbocycles. The molecule has 0 aliphatic carbocycles. The Bertz CT molecular complexity index is 1230. The molecule has 0 bridgehead atoms. The number of halogens is 1. The Hall–Kier alpha value is -2.57. The average Bonchev–Trinajstić information content (AvgIpc) is 3.14. The van der Waals surface area contributed by atoms with E-state index in [2.05, 4.69) is 28.9 Å². The topological polar surface area (TPSA) is 52.2 Å². The molecule has 0 fully saturated rings. The van der Waals surface area contributed by atoms with Crippen molar-refractivity contribution >= 4 is 46.1 Å². The fourth-order valence-corrected chi connectivity index (χ4v) is 4.23. The number of nitrogens with zero attached hydrogens (tertiary/aromatic N) is 4. The molecule has 0 atom stereocenters. The van der Waals surface area contributed by atoms with E-state index in [-0.39, 0.29) is 5.56 Å². The summed E-state index contributed by atoms with van der Waals surface area (Å²) in [7, 11) is 0. The van der Waals surface area contributed by atoms with Crippen molar-refractivity contribution in [2.45, 2.75) is 30.8 Å². The highest BCUT2D eigenvalue weighted by Crippen LogP contribution is 2.26. The zero-order chi connectivity index (χ0) is 19.7. The summed E-state index contributed by atoms with van der Waals surface area (Å²) in [5.74, 6) is 1.29. The van der Waals surface area contributed by atoms with Crippen LogP contribution in [0.4, 0.5) is 0 Å². The summed E-state index contributed by atoms with van der Waals surface area (Å²) in [5, 5.41) is 10.6. The number of hydrogen-bond acceptors (Lipinski definition) is 4. The zero-order valence-corrected chi connectivity index (χ0v) is 17.0. The van der Waals surface area contributed by atoms with Gasteiger partial charge in [-0.15, -0.1) is 10.2 Å². The molecule has 0 amide bonds. The maximum atomic E-state index is 12.9. The predicted octanol–water partition coefficient (Wildman–Crippen LogP) is 5.04. The number of rotatable bonds is 6. The number of hydrogen-bond donors (Lipinski definition) is 0. The highest BCUT2D eigenvalue weighted by molar-refractivity contribution is 7.98. The molecule has 2 aromatic carbocycles. The van der Waals surface area contributed by atoms with Crippen molar-refractivity contribution in [2.24, 2.45) is 0 Å². The quantitative estimate of drug-likeness (QED) is 0.418. The van der Waals surface area contributed by atoms with Crippen molar-refractivity contribution in [1.82, 2.24) is 19.2 Å². The van der Waals surface area contributed by atoms with Gasteiger partial charge < -0.3 is 0 Å². The standard InChI is InChI=1S/C21H19ClN4OS/c1-3-11-25-19(27)17-10-9-16(22)12-18(17)26-20(25)23-24-21(26)28-13-15-7-5-14(4-2)6-8-15/h4-10,12H,2-3,11,13H2,1H3. The summed E-state index contributed by atoms with van der Waals surface area (Å²) in [5.41, 5.74) is 2.93. The van der Waals surface area contributed by atoms with Gasteiger partial charge in [0.25, 0.3) is 5.56 Å². The zero-order valence-electron chi connectivity index (χ0n) is 15.4. The Morgan fingerprint density at radius 2 is 1.96 bits per heavy atom. The van der Waals surface area contributed by atoms with Gasteiger partial charge in [0, 0.05) is 17.3 Å². The summed E-state index contributed by atoms with van der Waals surface area (Å²) in [6, 6.07) is 13.6. The molecule has 4 aromatic rings. The van der Waals surface area contributed by atoms with Gasteiger partial charge in [0.05, 0.1) is 10.9 Å². The van der Waals surface area contributed by atoms with Crippen molar-refractivity contribution in [3.8, 4) is 0 Å². The molecule has 0 aliphatic rings. The molecule has 7 heteroatoms. The summed E-state index contributed by atoms with van der Waals surface area (Å²) in [6.45, 7) is 6.41. The minimum atomic E-state index is -0.0648. The van der Waals surface area contributed by atoms with Gasteiger partial charge in [-0.3, -0.25) is 13.8 Å². The highest BCUT2D eigenvalue weighted by Gasteiger charge is 2.17. The summed E-state index contributed by atoms with van der Waals surface area (Å²) in [4.78, 5) is 12.9. The summed E-state index contributed by atoms with van der Waals surface area (Å²) < 4.78 is 3.62. The van der Waals surface area contributed by atoms with Gasteiger partial charge in [-0.1, -0.05) is 67.2 Å². The van der Waals surface area contributed by atoms with E-state index in [9.17, 15) is 4.79 Å². The summed E-state index contributed by atoms with van der Waals surface area (Å²) >= 11 is 7.80. The number of fused-ring (bicyclic) bond motifs is 3. The number of thioether (sulfide) groups is 1. The molecule has 0 aliphatic heterocycles. The third-order valence-electron chi connectivity index (χ3n) is 4.56. The molecular weight excluding hydrogens is 392 g/mol. The Morgan fingerprint density at radius 1 is 1.18 bits per heavy atom. The molecule has 2 heterocycles. The van der Waals surface area contributed by atoms with E-state index in [0.717, 1.165) is 28.4 Å². The SMILES string of the molecule is C=Cc1ccc(CSc2nnc3n(CCC)c(=O)c4ccc(Cl)cc4n23)cc1. The van der Waals surface area contributed by atoms with Gasteiger partial charge in [-0.25, -0.2) is 0 Å². The van der Waals surface area contributed by atoms with Crippen LogP contribution in [0.25, 0.3) is 22.8 Å². The van der Waals surface area contributed by atoms with E-state index in [1.165, 1.54) is 5.56 Å². The molecule has 5 nitrogen and oxygen atoms in total. The van der Waals surface area contributed by atoms with Crippen molar-refractivity contribution in [2.75, 3.05) is 0 Å². The maximum absolute atomic E-state index is 12.9. The molecule has 28 heavy (non-hydrogen) atoms. The van der Waals surface area contributed by atoms with Gasteiger partial charge >= 0.3 is 0 Å². The molecule has 4 rings (SSSR count). The highest BCUT2D eigenvalue weighted by atomic mass is 35.5. The lowest BCUT2D eigenvalue weighted by molar-refractivity contribution is 0.662. The molecule has 142 valence electrons. The molecule has 0 radical (unpaired) electrons. The average molecular weight is 411 g/mol. The Kier molecular flexibility index (Phi) is 5.24. The van der Waals surface area contributed by atoms with Crippen LogP contribution in [-0.4, -0.2) is 19.2 Å². The first-order chi connectivity index (χ1) is 13.6. The fourth-order valence-electron chi connectivity index (χ4n) is 3.17. The lowest BCUT2D eigenvalue weighted by atomic mass is 10.1. The van der Waals surface area contributed by atoms with Crippen molar-refractivity contribution in [3.05, 3.63) is 75.5 Å². The van der Waals surface area contributed by atoms with Gasteiger partial charge in [0.1, 0.15) is 0 Å². The van der Waals surface area contributed by atoms with Crippen LogP contribution in [0.5, 0.6) is 0 Å². The van der Waals surface area contributed by atoms with Crippen LogP contribution < -0.4 is 5.56 Å². The number of benzene rings is 2. The van der Waals surface area contributed by atoms with Gasteiger partial charge in [0.2, 0.25) is 5.78 Å². The Balaban J connectivity index is 1.82. The van der Waals surface area contributed by atoms with E-state index in [1.807, 2.05) is 29.5 Å². The van der Waals surface area contributed by atoms with E-state index in [1.54, 1.807) is 34.5 Å². The van der Waals surface area contributed by atoms with E-state index in [4.69, 9.17) is 11.6 Å². The third-order valence-corrected chi connectivity index (χ3v) is 5.80. The van der Waals surface area contributed by atoms with Crippen molar-refractivity contribution in [1.29, 1.82) is 0 Å². The van der Waals surface area contributed by atoms with Gasteiger partial charge in [0.15, 0.2) is 5.16 Å². The monoisotopic (exact) mass is 410 g/mol. The molecule has 0 spiro atoms. The second-order valence-corrected chi connectivity index (χ2v) is 7.85. The van der Waals surface area contributed by atoms with Crippen LogP contribution in [0.1, 0.15) is 24.5 Å². The molecule has 2 aromatic heterocycles. The van der Waals surface area contributed by atoms with Crippen LogP contribution in [0.3, 0.4) is 0 Å². The molecular formula is C21H19ClN4OS. The first-order valence-corrected chi connectivity index (χ1v) is 10.4. The van der Waals surface area contributed by atoms with Gasteiger partial charge in [-0.05, 0) is 35.7 Å². The van der Waals surface area contributed by atoms with Crippen LogP contribution in [0.15, 0.2) is 59.0 Å². The number of aromatic nitrogens is 4. The fraction of sp³-hybridized carbons (Fsp3) is 0.190. The molecule has 0 saturated heterocycles. The largest absolute Gasteiger partial charge is 0.276 e. The van der Waals surface area contributed by atoms with E-state index < -0.39 is 0 Å². The predicted molar refractivity (Wildman–Crippen MR) is 116 cm³/mol. The van der Waals surface area contributed by atoms with Crippen LogP contribution in [-0.2, 0) is 12.3 Å². The Labute approximate surface area is 171 Å². The lowest BCUT2D eigenvalue weighted by Gasteiger charge is -2.10.